The van der Waals surface area contributed by atoms with Crippen molar-refractivity contribution in [1.82, 2.24) is 5.32 Å². The highest BCUT2D eigenvalue weighted by molar-refractivity contribution is 9.10. The van der Waals surface area contributed by atoms with Crippen LogP contribution in [-0.4, -0.2) is 31.5 Å². The molecular formula is C20H21BrN2O3. The fraction of sp³-hybridized carbons (Fsp3) is 0.300. The molecule has 2 amide bonds. The number of para-hydroxylation sites is 1. The Balaban J connectivity index is 1.47. The SMILES string of the molecule is Cc1ccccc1OCCNC(=O)[C@H]1CC(=O)N(c2ccc(Br)cc2)C1. The molecule has 0 aliphatic carbocycles. The molecule has 26 heavy (non-hydrogen) atoms. The number of carbonyl (C=O) groups excluding carboxylic acids is 2. The van der Waals surface area contributed by atoms with E-state index in [1.165, 1.54) is 0 Å². The average molecular weight is 417 g/mol. The molecule has 1 aliphatic rings. The molecule has 0 aromatic heterocycles. The number of hydrogen-bond acceptors (Lipinski definition) is 3. The Hall–Kier alpha value is -2.34. The minimum atomic E-state index is -0.329. The molecule has 0 unspecified atom stereocenters. The predicted octanol–water partition coefficient (Wildman–Crippen LogP) is 3.31. The van der Waals surface area contributed by atoms with Crippen LogP contribution in [0.25, 0.3) is 0 Å². The lowest BCUT2D eigenvalue weighted by Crippen LogP contribution is -2.35. The molecule has 3 rings (SSSR count). The number of benzene rings is 2. The number of ether oxygens (including phenoxy) is 1. The predicted molar refractivity (Wildman–Crippen MR) is 104 cm³/mol. The molecule has 0 bridgehead atoms. The summed E-state index contributed by atoms with van der Waals surface area (Å²) in [5, 5.41) is 2.87. The zero-order valence-electron chi connectivity index (χ0n) is 14.6. The Morgan fingerprint density at radius 1 is 1.23 bits per heavy atom. The normalized spacial score (nSPS) is 16.6. The van der Waals surface area contributed by atoms with Gasteiger partial charge in [-0.25, -0.2) is 0 Å². The number of anilines is 1. The van der Waals surface area contributed by atoms with Crippen LogP contribution in [0.4, 0.5) is 5.69 Å². The van der Waals surface area contributed by atoms with Gasteiger partial charge in [0.2, 0.25) is 11.8 Å². The van der Waals surface area contributed by atoms with Crippen molar-refractivity contribution < 1.29 is 14.3 Å². The van der Waals surface area contributed by atoms with Gasteiger partial charge in [-0.3, -0.25) is 9.59 Å². The first kappa shape index (κ1) is 18.5. The molecule has 0 spiro atoms. The Morgan fingerprint density at radius 2 is 1.96 bits per heavy atom. The van der Waals surface area contributed by atoms with Crippen LogP contribution in [0.5, 0.6) is 5.75 Å². The lowest BCUT2D eigenvalue weighted by Gasteiger charge is -2.17. The van der Waals surface area contributed by atoms with Gasteiger partial charge in [0, 0.05) is 23.1 Å². The summed E-state index contributed by atoms with van der Waals surface area (Å²) in [5.41, 5.74) is 1.88. The van der Waals surface area contributed by atoms with Crippen molar-refractivity contribution in [3.05, 3.63) is 58.6 Å². The number of hydrogen-bond donors (Lipinski definition) is 1. The molecule has 1 aliphatic heterocycles. The standard InChI is InChI=1S/C20H21BrN2O3/c1-14-4-2-3-5-18(14)26-11-10-22-20(25)15-12-19(24)23(13-15)17-8-6-16(21)7-9-17/h2-9,15H,10-13H2,1H3,(H,22,25)/t15-/m0/s1. The highest BCUT2D eigenvalue weighted by atomic mass is 79.9. The van der Waals surface area contributed by atoms with Crippen molar-refractivity contribution in [2.45, 2.75) is 13.3 Å². The first-order valence-electron chi connectivity index (χ1n) is 8.56. The molecule has 2 aromatic carbocycles. The van der Waals surface area contributed by atoms with E-state index in [1.54, 1.807) is 4.90 Å². The Bertz CT molecular complexity index is 792. The van der Waals surface area contributed by atoms with Crippen LogP contribution >= 0.6 is 15.9 Å². The van der Waals surface area contributed by atoms with Gasteiger partial charge < -0.3 is 15.0 Å². The van der Waals surface area contributed by atoms with E-state index in [0.717, 1.165) is 21.5 Å². The van der Waals surface area contributed by atoms with Gasteiger partial charge in [0.05, 0.1) is 12.5 Å². The number of rotatable bonds is 6. The van der Waals surface area contributed by atoms with Crippen molar-refractivity contribution in [3.8, 4) is 5.75 Å². The maximum atomic E-state index is 12.3. The summed E-state index contributed by atoms with van der Waals surface area (Å²) in [6.45, 7) is 3.20. The second-order valence-electron chi connectivity index (χ2n) is 6.29. The highest BCUT2D eigenvalue weighted by Crippen LogP contribution is 2.26. The molecular weight excluding hydrogens is 396 g/mol. The van der Waals surface area contributed by atoms with Crippen LogP contribution in [0.2, 0.25) is 0 Å². The lowest BCUT2D eigenvalue weighted by atomic mass is 10.1. The number of halogens is 1. The fourth-order valence-electron chi connectivity index (χ4n) is 2.95. The van der Waals surface area contributed by atoms with Crippen molar-refractivity contribution in [3.63, 3.8) is 0 Å². The van der Waals surface area contributed by atoms with Crippen LogP contribution < -0.4 is 15.0 Å². The van der Waals surface area contributed by atoms with E-state index < -0.39 is 0 Å². The zero-order valence-corrected chi connectivity index (χ0v) is 16.2. The van der Waals surface area contributed by atoms with Gasteiger partial charge in [-0.2, -0.15) is 0 Å². The summed E-state index contributed by atoms with van der Waals surface area (Å²) in [6, 6.07) is 15.3. The molecule has 0 saturated carbocycles. The highest BCUT2D eigenvalue weighted by Gasteiger charge is 2.34. The van der Waals surface area contributed by atoms with Gasteiger partial charge in [-0.1, -0.05) is 34.1 Å². The lowest BCUT2D eigenvalue weighted by molar-refractivity contribution is -0.126. The Morgan fingerprint density at radius 3 is 2.69 bits per heavy atom. The number of amides is 2. The third-order valence-corrected chi connectivity index (χ3v) is 4.92. The van der Waals surface area contributed by atoms with Gasteiger partial charge >= 0.3 is 0 Å². The van der Waals surface area contributed by atoms with E-state index in [9.17, 15) is 9.59 Å². The maximum Gasteiger partial charge on any atom is 0.227 e. The van der Waals surface area contributed by atoms with Gasteiger partial charge in [0.25, 0.3) is 0 Å². The number of carbonyl (C=O) groups is 2. The molecule has 1 saturated heterocycles. The van der Waals surface area contributed by atoms with Crippen molar-refractivity contribution in [2.75, 3.05) is 24.6 Å². The first-order valence-corrected chi connectivity index (χ1v) is 9.36. The maximum absolute atomic E-state index is 12.3. The summed E-state index contributed by atoms with van der Waals surface area (Å²) >= 11 is 3.38. The van der Waals surface area contributed by atoms with E-state index >= 15 is 0 Å². The summed E-state index contributed by atoms with van der Waals surface area (Å²) < 4.78 is 6.63. The quantitative estimate of drug-likeness (QED) is 0.734. The summed E-state index contributed by atoms with van der Waals surface area (Å²) in [6.07, 6.45) is 0.237. The Kier molecular flexibility index (Phi) is 5.93. The minimum absolute atomic E-state index is 0.0244. The van der Waals surface area contributed by atoms with Gasteiger partial charge in [0.15, 0.2) is 0 Å². The Labute approximate surface area is 161 Å². The summed E-state index contributed by atoms with van der Waals surface area (Å²) in [5.74, 6) is 0.360. The topological polar surface area (TPSA) is 58.6 Å². The van der Waals surface area contributed by atoms with Crippen molar-refractivity contribution >= 4 is 33.4 Å². The first-order chi connectivity index (χ1) is 12.5. The third-order valence-electron chi connectivity index (χ3n) is 4.39. The molecule has 5 nitrogen and oxygen atoms in total. The molecule has 1 fully saturated rings. The van der Waals surface area contributed by atoms with E-state index in [0.29, 0.717) is 19.7 Å². The number of aryl methyl sites for hydroxylation is 1. The van der Waals surface area contributed by atoms with E-state index in [-0.39, 0.29) is 24.2 Å². The molecule has 6 heteroatoms. The smallest absolute Gasteiger partial charge is 0.227 e. The van der Waals surface area contributed by atoms with E-state index in [2.05, 4.69) is 21.2 Å². The molecule has 0 radical (unpaired) electrons. The number of nitrogens with zero attached hydrogens (tertiary/aromatic N) is 1. The van der Waals surface area contributed by atoms with Crippen LogP contribution in [0.15, 0.2) is 53.0 Å². The largest absolute Gasteiger partial charge is 0.491 e. The zero-order chi connectivity index (χ0) is 18.5. The van der Waals surface area contributed by atoms with E-state index in [1.807, 2.05) is 55.5 Å². The van der Waals surface area contributed by atoms with Crippen LogP contribution in [-0.2, 0) is 9.59 Å². The number of nitrogens with one attached hydrogen (secondary N) is 1. The molecule has 1 heterocycles. The minimum Gasteiger partial charge on any atom is -0.491 e. The van der Waals surface area contributed by atoms with Gasteiger partial charge in [-0.15, -0.1) is 0 Å². The molecule has 136 valence electrons. The third kappa shape index (κ3) is 4.43. The van der Waals surface area contributed by atoms with E-state index in [4.69, 9.17) is 4.74 Å². The monoisotopic (exact) mass is 416 g/mol. The molecule has 1 atom stereocenters. The second kappa shape index (κ2) is 8.36. The van der Waals surface area contributed by atoms with Crippen LogP contribution in [0.3, 0.4) is 0 Å². The summed E-state index contributed by atoms with van der Waals surface area (Å²) in [7, 11) is 0. The molecule has 2 aromatic rings. The average Bonchev–Trinajstić information content (AvgIpc) is 3.02. The van der Waals surface area contributed by atoms with Gasteiger partial charge in [0.1, 0.15) is 12.4 Å². The van der Waals surface area contributed by atoms with Crippen LogP contribution in [0.1, 0.15) is 12.0 Å². The summed E-state index contributed by atoms with van der Waals surface area (Å²) in [4.78, 5) is 26.3. The second-order valence-corrected chi connectivity index (χ2v) is 7.20. The molecule has 1 N–H and O–H groups in total. The van der Waals surface area contributed by atoms with Gasteiger partial charge in [-0.05, 0) is 42.8 Å². The van der Waals surface area contributed by atoms with Crippen molar-refractivity contribution in [1.29, 1.82) is 0 Å². The fourth-order valence-corrected chi connectivity index (χ4v) is 3.22. The van der Waals surface area contributed by atoms with Crippen LogP contribution in [0, 0.1) is 12.8 Å². The van der Waals surface area contributed by atoms with Crippen molar-refractivity contribution in [2.24, 2.45) is 5.92 Å².